The van der Waals surface area contributed by atoms with E-state index in [9.17, 15) is 9.59 Å². The lowest BCUT2D eigenvalue weighted by molar-refractivity contribution is -0.136. The molecule has 0 radical (unpaired) electrons. The van der Waals surface area contributed by atoms with E-state index in [-0.39, 0.29) is 19.0 Å². The molecule has 0 aromatic rings. The van der Waals surface area contributed by atoms with Crippen LogP contribution >= 0.6 is 0 Å². The molecule has 0 aliphatic rings. The van der Waals surface area contributed by atoms with E-state index in [2.05, 4.69) is 5.32 Å². The molecule has 0 aromatic carbocycles. The van der Waals surface area contributed by atoms with E-state index < -0.39 is 5.97 Å². The minimum atomic E-state index is -0.908. The number of aliphatic carboxylic acids is 1. The number of hydrogen-bond donors (Lipinski definition) is 2. The Morgan fingerprint density at radius 2 is 2.08 bits per heavy atom. The van der Waals surface area contributed by atoms with Crippen molar-refractivity contribution in [1.82, 2.24) is 10.2 Å². The van der Waals surface area contributed by atoms with Crippen LogP contribution in [0.4, 0.5) is 4.79 Å². The number of nitrogens with zero attached hydrogens (tertiary/aromatic N) is 1. The van der Waals surface area contributed by atoms with Crippen molar-refractivity contribution in [2.24, 2.45) is 0 Å². The normalized spacial score (nSPS) is 9.17. The highest BCUT2D eigenvalue weighted by Gasteiger charge is 2.05. The van der Waals surface area contributed by atoms with E-state index in [1.54, 1.807) is 7.05 Å². The highest BCUT2D eigenvalue weighted by atomic mass is 16.4. The summed E-state index contributed by atoms with van der Waals surface area (Å²) in [6.07, 6.45) is -0.0384. The van der Waals surface area contributed by atoms with Crippen molar-refractivity contribution in [3.8, 4) is 0 Å². The lowest BCUT2D eigenvalue weighted by atomic mass is 10.4. The van der Waals surface area contributed by atoms with Gasteiger partial charge in [-0.1, -0.05) is 0 Å². The first kappa shape index (κ1) is 10.7. The molecule has 0 bridgehead atoms. The Kier molecular flexibility index (Phi) is 4.83. The first-order valence-electron chi connectivity index (χ1n) is 3.78. The fraction of sp³-hybridized carbons (Fsp3) is 0.714. The zero-order valence-corrected chi connectivity index (χ0v) is 7.33. The molecular formula is C7H14N2O3. The van der Waals surface area contributed by atoms with E-state index in [1.807, 2.05) is 6.92 Å². The van der Waals surface area contributed by atoms with Crippen LogP contribution in [0.2, 0.25) is 0 Å². The van der Waals surface area contributed by atoms with Crippen LogP contribution in [0.25, 0.3) is 0 Å². The highest BCUT2D eigenvalue weighted by Crippen LogP contribution is 1.83. The van der Waals surface area contributed by atoms with Gasteiger partial charge in [-0.15, -0.1) is 0 Å². The number of carboxylic acids is 1. The third-order valence-electron chi connectivity index (χ3n) is 1.44. The van der Waals surface area contributed by atoms with Gasteiger partial charge in [-0.25, -0.2) is 4.79 Å². The molecule has 0 spiro atoms. The molecule has 0 heterocycles. The molecular weight excluding hydrogens is 160 g/mol. The van der Waals surface area contributed by atoms with Gasteiger partial charge in [-0.05, 0) is 6.92 Å². The van der Waals surface area contributed by atoms with E-state index in [4.69, 9.17) is 5.11 Å². The molecule has 0 rings (SSSR count). The van der Waals surface area contributed by atoms with E-state index in [0.29, 0.717) is 6.54 Å². The molecule has 2 amide bonds. The topological polar surface area (TPSA) is 69.6 Å². The third kappa shape index (κ3) is 4.54. The molecule has 0 aromatic heterocycles. The first-order valence-corrected chi connectivity index (χ1v) is 3.78. The van der Waals surface area contributed by atoms with Gasteiger partial charge in [0.25, 0.3) is 0 Å². The first-order chi connectivity index (χ1) is 5.57. The van der Waals surface area contributed by atoms with Crippen molar-refractivity contribution < 1.29 is 14.7 Å². The summed E-state index contributed by atoms with van der Waals surface area (Å²) in [5.41, 5.74) is 0. The predicted molar refractivity (Wildman–Crippen MR) is 44.0 cm³/mol. The number of hydrogen-bond acceptors (Lipinski definition) is 2. The van der Waals surface area contributed by atoms with Gasteiger partial charge in [0.1, 0.15) is 0 Å². The number of carbonyl (C=O) groups is 2. The van der Waals surface area contributed by atoms with Crippen molar-refractivity contribution in [2.45, 2.75) is 13.3 Å². The average molecular weight is 174 g/mol. The van der Waals surface area contributed by atoms with Gasteiger partial charge in [0.2, 0.25) is 0 Å². The van der Waals surface area contributed by atoms with Crippen molar-refractivity contribution in [3.63, 3.8) is 0 Å². The Morgan fingerprint density at radius 3 is 2.50 bits per heavy atom. The lowest BCUT2D eigenvalue weighted by Crippen LogP contribution is -2.37. The minimum Gasteiger partial charge on any atom is -0.481 e. The van der Waals surface area contributed by atoms with Gasteiger partial charge >= 0.3 is 12.0 Å². The Morgan fingerprint density at radius 1 is 1.50 bits per heavy atom. The maximum Gasteiger partial charge on any atom is 0.317 e. The summed E-state index contributed by atoms with van der Waals surface area (Å²) in [4.78, 5) is 22.5. The molecule has 70 valence electrons. The summed E-state index contributed by atoms with van der Waals surface area (Å²) in [7, 11) is 1.65. The van der Waals surface area contributed by atoms with Crippen LogP contribution in [0.1, 0.15) is 13.3 Å². The second kappa shape index (κ2) is 5.40. The van der Waals surface area contributed by atoms with E-state index in [0.717, 1.165) is 0 Å². The zero-order valence-electron chi connectivity index (χ0n) is 7.33. The number of carboxylic acid groups (broad SMARTS) is 1. The molecule has 5 nitrogen and oxygen atoms in total. The van der Waals surface area contributed by atoms with Crippen molar-refractivity contribution in [1.29, 1.82) is 0 Å². The molecule has 0 fully saturated rings. The minimum absolute atomic E-state index is 0.0384. The predicted octanol–water partition coefficient (Wildman–Crippen LogP) is 0.122. The Hall–Kier alpha value is -1.26. The molecule has 0 saturated carbocycles. The van der Waals surface area contributed by atoms with E-state index in [1.165, 1.54) is 4.90 Å². The highest BCUT2D eigenvalue weighted by molar-refractivity contribution is 5.74. The van der Waals surface area contributed by atoms with Gasteiger partial charge in [0.15, 0.2) is 0 Å². The van der Waals surface area contributed by atoms with Crippen LogP contribution in [0.5, 0.6) is 0 Å². The number of rotatable bonds is 4. The summed E-state index contributed by atoms with van der Waals surface area (Å²) < 4.78 is 0. The summed E-state index contributed by atoms with van der Waals surface area (Å²) in [5, 5.41) is 10.7. The van der Waals surface area contributed by atoms with Crippen LogP contribution < -0.4 is 5.32 Å². The summed E-state index contributed by atoms with van der Waals surface area (Å²) in [6, 6.07) is -0.237. The quantitative estimate of drug-likeness (QED) is 0.636. The molecule has 0 aliphatic heterocycles. The van der Waals surface area contributed by atoms with Crippen LogP contribution in [-0.4, -0.2) is 42.1 Å². The molecule has 0 unspecified atom stereocenters. The Bertz CT molecular complexity index is 170. The van der Waals surface area contributed by atoms with Crippen LogP contribution in [0.3, 0.4) is 0 Å². The molecule has 12 heavy (non-hydrogen) atoms. The Labute approximate surface area is 71.4 Å². The molecule has 0 saturated heterocycles. The molecule has 2 N–H and O–H groups in total. The third-order valence-corrected chi connectivity index (χ3v) is 1.44. The van der Waals surface area contributed by atoms with Gasteiger partial charge in [-0.3, -0.25) is 4.79 Å². The van der Waals surface area contributed by atoms with Crippen LogP contribution in [-0.2, 0) is 4.79 Å². The molecule has 0 atom stereocenters. The standard InChI is InChI=1S/C7H14N2O3/c1-3-9(2)7(12)8-5-4-6(10)11/h3-5H2,1-2H3,(H,8,12)(H,10,11). The maximum atomic E-state index is 11.0. The smallest absolute Gasteiger partial charge is 0.317 e. The van der Waals surface area contributed by atoms with Crippen molar-refractivity contribution in [3.05, 3.63) is 0 Å². The second-order valence-electron chi connectivity index (χ2n) is 2.39. The molecule has 5 heteroatoms. The van der Waals surface area contributed by atoms with Gasteiger partial charge in [-0.2, -0.15) is 0 Å². The number of amides is 2. The SMILES string of the molecule is CCN(C)C(=O)NCCC(=O)O. The largest absolute Gasteiger partial charge is 0.481 e. The van der Waals surface area contributed by atoms with Crippen molar-refractivity contribution >= 4 is 12.0 Å². The number of nitrogens with one attached hydrogen (secondary N) is 1. The average Bonchev–Trinajstić information content (AvgIpc) is 2.02. The maximum absolute atomic E-state index is 11.0. The van der Waals surface area contributed by atoms with Gasteiger partial charge < -0.3 is 15.3 Å². The van der Waals surface area contributed by atoms with Gasteiger partial charge in [0, 0.05) is 20.1 Å². The summed E-state index contributed by atoms with van der Waals surface area (Å²) in [5.74, 6) is -0.908. The van der Waals surface area contributed by atoms with Crippen molar-refractivity contribution in [2.75, 3.05) is 20.1 Å². The van der Waals surface area contributed by atoms with Crippen LogP contribution in [0, 0.1) is 0 Å². The zero-order chi connectivity index (χ0) is 9.56. The molecule has 0 aliphatic carbocycles. The van der Waals surface area contributed by atoms with Gasteiger partial charge in [0.05, 0.1) is 6.42 Å². The van der Waals surface area contributed by atoms with Crippen LogP contribution in [0.15, 0.2) is 0 Å². The monoisotopic (exact) mass is 174 g/mol. The lowest BCUT2D eigenvalue weighted by Gasteiger charge is -2.14. The second-order valence-corrected chi connectivity index (χ2v) is 2.39. The fourth-order valence-corrected chi connectivity index (χ4v) is 0.555. The van der Waals surface area contributed by atoms with E-state index >= 15 is 0 Å². The number of urea groups is 1. The number of carbonyl (C=O) groups excluding carboxylic acids is 1. The fourth-order valence-electron chi connectivity index (χ4n) is 0.555. The Balaban J connectivity index is 3.50. The summed E-state index contributed by atoms with van der Waals surface area (Å²) >= 11 is 0. The summed E-state index contributed by atoms with van der Waals surface area (Å²) in [6.45, 7) is 2.63.